The summed E-state index contributed by atoms with van der Waals surface area (Å²) in [5.74, 6) is 2.66. The van der Waals surface area contributed by atoms with Gasteiger partial charge in [0.15, 0.2) is 0 Å². The molecule has 0 unspecified atom stereocenters. The molecule has 0 spiro atoms. The van der Waals surface area contributed by atoms with Crippen molar-refractivity contribution in [1.82, 2.24) is 10.2 Å². The normalized spacial score (nSPS) is 9.86. The third-order valence-electron chi connectivity index (χ3n) is 1.98. The second-order valence-corrected chi connectivity index (χ2v) is 3.45. The number of amides is 1. The van der Waals surface area contributed by atoms with E-state index < -0.39 is 0 Å². The smallest absolute Gasteiger partial charge is 0.216 e. The molecule has 0 aromatic carbocycles. The second-order valence-electron chi connectivity index (χ2n) is 3.45. The zero-order chi connectivity index (χ0) is 10.8. The van der Waals surface area contributed by atoms with Gasteiger partial charge in [-0.15, -0.1) is 12.3 Å². The Kier molecular flexibility index (Phi) is 7.96. The summed E-state index contributed by atoms with van der Waals surface area (Å²) in [5.41, 5.74) is 0. The molecule has 0 bridgehead atoms. The van der Waals surface area contributed by atoms with Crippen LogP contribution in [0.25, 0.3) is 0 Å². The molecular formula is C11H20N2O. The number of nitrogens with zero attached hydrogens (tertiary/aromatic N) is 1. The van der Waals surface area contributed by atoms with E-state index in [9.17, 15) is 4.79 Å². The van der Waals surface area contributed by atoms with Gasteiger partial charge in [0.25, 0.3) is 0 Å². The van der Waals surface area contributed by atoms with E-state index in [1.807, 2.05) is 0 Å². The zero-order valence-electron chi connectivity index (χ0n) is 9.18. The van der Waals surface area contributed by atoms with Crippen LogP contribution in [0.2, 0.25) is 0 Å². The lowest BCUT2D eigenvalue weighted by Gasteiger charge is -2.15. The fourth-order valence-electron chi connectivity index (χ4n) is 1.14. The van der Waals surface area contributed by atoms with Crippen LogP contribution in [-0.2, 0) is 4.79 Å². The summed E-state index contributed by atoms with van der Waals surface area (Å²) in [4.78, 5) is 12.8. The van der Waals surface area contributed by atoms with E-state index in [-0.39, 0.29) is 5.91 Å². The van der Waals surface area contributed by atoms with Crippen molar-refractivity contribution in [2.75, 3.05) is 26.7 Å². The maximum absolute atomic E-state index is 10.6. The molecule has 0 aliphatic carbocycles. The number of unbranched alkanes of at least 4 members (excludes halogenated alkanes) is 2. The minimum Gasteiger partial charge on any atom is -0.355 e. The predicted molar refractivity (Wildman–Crippen MR) is 58.9 cm³/mol. The highest BCUT2D eigenvalue weighted by Gasteiger charge is 1.97. The standard InChI is InChI=1S/C11H20N2O/c1-4-5-6-7-9-13(3)10-8-12-11(2)14/h1H,5-10H2,2-3H3,(H,12,14). The topological polar surface area (TPSA) is 32.3 Å². The third-order valence-corrected chi connectivity index (χ3v) is 1.98. The molecule has 0 fully saturated rings. The fraction of sp³-hybridized carbons (Fsp3) is 0.727. The summed E-state index contributed by atoms with van der Waals surface area (Å²) >= 11 is 0. The molecule has 3 nitrogen and oxygen atoms in total. The third kappa shape index (κ3) is 9.08. The van der Waals surface area contributed by atoms with Crippen LogP contribution in [0.3, 0.4) is 0 Å². The van der Waals surface area contributed by atoms with Crippen LogP contribution in [0.4, 0.5) is 0 Å². The fourth-order valence-corrected chi connectivity index (χ4v) is 1.14. The van der Waals surface area contributed by atoms with Crippen molar-refractivity contribution in [3.8, 4) is 12.3 Å². The van der Waals surface area contributed by atoms with Crippen molar-refractivity contribution >= 4 is 5.91 Å². The van der Waals surface area contributed by atoms with Crippen LogP contribution in [0, 0.1) is 12.3 Å². The highest BCUT2D eigenvalue weighted by Crippen LogP contribution is 1.95. The molecule has 1 amide bonds. The lowest BCUT2D eigenvalue weighted by molar-refractivity contribution is -0.118. The minimum atomic E-state index is 0.0331. The number of terminal acetylenes is 1. The first kappa shape index (κ1) is 13.0. The molecular weight excluding hydrogens is 176 g/mol. The monoisotopic (exact) mass is 196 g/mol. The average Bonchev–Trinajstić information content (AvgIpc) is 2.12. The Morgan fingerprint density at radius 2 is 2.14 bits per heavy atom. The van der Waals surface area contributed by atoms with Crippen molar-refractivity contribution in [2.45, 2.75) is 26.2 Å². The molecule has 0 aromatic rings. The zero-order valence-corrected chi connectivity index (χ0v) is 9.18. The molecule has 0 aliphatic heterocycles. The number of carbonyl (C=O) groups is 1. The van der Waals surface area contributed by atoms with Crippen LogP contribution in [0.15, 0.2) is 0 Å². The molecule has 0 radical (unpaired) electrons. The van der Waals surface area contributed by atoms with Crippen molar-refractivity contribution < 1.29 is 4.79 Å². The molecule has 0 heterocycles. The van der Waals surface area contributed by atoms with Gasteiger partial charge in [-0.1, -0.05) is 0 Å². The summed E-state index contributed by atoms with van der Waals surface area (Å²) in [6.07, 6.45) is 8.22. The van der Waals surface area contributed by atoms with Gasteiger partial charge >= 0.3 is 0 Å². The van der Waals surface area contributed by atoms with Crippen molar-refractivity contribution in [3.63, 3.8) is 0 Å². The van der Waals surface area contributed by atoms with Crippen LogP contribution < -0.4 is 5.32 Å². The number of hydrogen-bond donors (Lipinski definition) is 1. The number of carbonyl (C=O) groups excluding carboxylic acids is 1. The van der Waals surface area contributed by atoms with Crippen LogP contribution >= 0.6 is 0 Å². The van der Waals surface area contributed by atoms with Gasteiger partial charge in [0, 0.05) is 26.4 Å². The molecule has 0 saturated heterocycles. The molecule has 0 rings (SSSR count). The molecule has 14 heavy (non-hydrogen) atoms. The van der Waals surface area contributed by atoms with E-state index in [0.29, 0.717) is 0 Å². The van der Waals surface area contributed by atoms with Crippen LogP contribution in [0.5, 0.6) is 0 Å². The van der Waals surface area contributed by atoms with E-state index in [4.69, 9.17) is 6.42 Å². The first-order chi connectivity index (χ1) is 6.66. The Hall–Kier alpha value is -1.01. The van der Waals surface area contributed by atoms with Crippen molar-refractivity contribution in [3.05, 3.63) is 0 Å². The summed E-state index contributed by atoms with van der Waals surface area (Å²) in [5, 5.41) is 2.77. The predicted octanol–water partition coefficient (Wildman–Crippen LogP) is 0.858. The van der Waals surface area contributed by atoms with Gasteiger partial charge in [-0.3, -0.25) is 4.79 Å². The molecule has 0 saturated carbocycles. The van der Waals surface area contributed by atoms with Gasteiger partial charge in [-0.05, 0) is 26.4 Å². The summed E-state index contributed by atoms with van der Waals surface area (Å²) in [7, 11) is 2.05. The molecule has 0 atom stereocenters. The Morgan fingerprint density at radius 1 is 1.43 bits per heavy atom. The maximum Gasteiger partial charge on any atom is 0.216 e. The van der Waals surface area contributed by atoms with Crippen molar-refractivity contribution in [1.29, 1.82) is 0 Å². The number of nitrogens with one attached hydrogen (secondary N) is 1. The summed E-state index contributed by atoms with van der Waals surface area (Å²) in [6, 6.07) is 0. The highest BCUT2D eigenvalue weighted by atomic mass is 16.1. The van der Waals surface area contributed by atoms with E-state index in [0.717, 1.165) is 38.9 Å². The highest BCUT2D eigenvalue weighted by molar-refractivity contribution is 5.72. The van der Waals surface area contributed by atoms with Gasteiger partial charge in [-0.25, -0.2) is 0 Å². The Morgan fingerprint density at radius 3 is 2.71 bits per heavy atom. The van der Waals surface area contributed by atoms with E-state index >= 15 is 0 Å². The second kappa shape index (κ2) is 8.58. The van der Waals surface area contributed by atoms with Gasteiger partial charge < -0.3 is 10.2 Å². The average molecular weight is 196 g/mol. The van der Waals surface area contributed by atoms with E-state index in [2.05, 4.69) is 23.2 Å². The molecule has 0 aliphatic rings. The van der Waals surface area contributed by atoms with Crippen LogP contribution in [-0.4, -0.2) is 37.5 Å². The van der Waals surface area contributed by atoms with Crippen LogP contribution in [0.1, 0.15) is 26.2 Å². The molecule has 0 aromatic heterocycles. The quantitative estimate of drug-likeness (QED) is 0.484. The van der Waals surface area contributed by atoms with Gasteiger partial charge in [0.1, 0.15) is 0 Å². The van der Waals surface area contributed by atoms with E-state index in [1.54, 1.807) is 0 Å². The minimum absolute atomic E-state index is 0.0331. The summed E-state index contributed by atoms with van der Waals surface area (Å²) < 4.78 is 0. The molecule has 1 N–H and O–H groups in total. The molecule has 80 valence electrons. The summed E-state index contributed by atoms with van der Waals surface area (Å²) in [6.45, 7) is 4.20. The number of hydrogen-bond acceptors (Lipinski definition) is 2. The Balaban J connectivity index is 3.24. The number of rotatable bonds is 7. The lowest BCUT2D eigenvalue weighted by Crippen LogP contribution is -2.32. The van der Waals surface area contributed by atoms with Gasteiger partial charge in [-0.2, -0.15) is 0 Å². The van der Waals surface area contributed by atoms with E-state index in [1.165, 1.54) is 6.92 Å². The first-order valence-corrected chi connectivity index (χ1v) is 5.03. The Bertz CT molecular complexity index is 196. The first-order valence-electron chi connectivity index (χ1n) is 5.03. The maximum atomic E-state index is 10.6. The van der Waals surface area contributed by atoms with Gasteiger partial charge in [0.05, 0.1) is 0 Å². The Labute approximate surface area is 86.9 Å². The lowest BCUT2D eigenvalue weighted by atomic mass is 10.2. The largest absolute Gasteiger partial charge is 0.355 e. The SMILES string of the molecule is C#CCCCCN(C)CCNC(C)=O. The molecule has 3 heteroatoms. The van der Waals surface area contributed by atoms with Crippen molar-refractivity contribution in [2.24, 2.45) is 0 Å². The van der Waals surface area contributed by atoms with Gasteiger partial charge in [0.2, 0.25) is 5.91 Å². The number of likely N-dealkylation sites (N-methyl/N-ethyl adjacent to an activating group) is 1.